The van der Waals surface area contributed by atoms with Gasteiger partial charge in [0, 0.05) is 38.2 Å². The molecule has 0 radical (unpaired) electrons. The predicted octanol–water partition coefficient (Wildman–Crippen LogP) is 5.11. The number of Topliss-reactive ketones (excluding diaryl/α,β-unsaturated/α-hetero) is 1. The highest BCUT2D eigenvalue weighted by Crippen LogP contribution is 2.50. The molecule has 2 aliphatic rings. The van der Waals surface area contributed by atoms with Gasteiger partial charge in [-0.15, -0.1) is 0 Å². The van der Waals surface area contributed by atoms with Gasteiger partial charge in [0.15, 0.2) is 5.78 Å². The number of carbonyl (C=O) groups excluding carboxylic acids is 2. The molecule has 160 valence electrons. The second kappa shape index (κ2) is 7.95. The molecular formula is C24H23Br2N3O2. The molecular weight excluding hydrogens is 522 g/mol. The zero-order valence-corrected chi connectivity index (χ0v) is 20.5. The van der Waals surface area contributed by atoms with Gasteiger partial charge < -0.3 is 11.5 Å². The number of amides is 1. The summed E-state index contributed by atoms with van der Waals surface area (Å²) in [4.78, 5) is 28.0. The van der Waals surface area contributed by atoms with Crippen molar-refractivity contribution in [1.82, 2.24) is 0 Å². The molecule has 7 heteroatoms. The van der Waals surface area contributed by atoms with E-state index in [4.69, 9.17) is 11.5 Å². The number of rotatable bonds is 3. The van der Waals surface area contributed by atoms with Crippen molar-refractivity contribution in [2.45, 2.75) is 32.6 Å². The van der Waals surface area contributed by atoms with Gasteiger partial charge in [0.25, 0.3) is 0 Å². The van der Waals surface area contributed by atoms with E-state index in [0.717, 1.165) is 25.9 Å². The number of nitrogens with two attached hydrogens (primary N) is 2. The van der Waals surface area contributed by atoms with E-state index in [0.29, 0.717) is 18.4 Å². The average Bonchev–Trinajstić information content (AvgIpc) is 2.67. The fourth-order valence-electron chi connectivity index (χ4n) is 4.53. The van der Waals surface area contributed by atoms with Crippen LogP contribution in [0.25, 0.3) is 0 Å². The zero-order valence-electron chi connectivity index (χ0n) is 17.3. The number of ketones is 1. The molecule has 0 saturated heterocycles. The van der Waals surface area contributed by atoms with Crippen LogP contribution in [-0.4, -0.2) is 11.7 Å². The minimum atomic E-state index is -0.628. The molecule has 2 aromatic carbocycles. The molecule has 0 fully saturated rings. The van der Waals surface area contributed by atoms with Crippen LogP contribution in [0.5, 0.6) is 0 Å². The van der Waals surface area contributed by atoms with E-state index in [1.165, 1.54) is 0 Å². The Balaban J connectivity index is 2.01. The minimum Gasteiger partial charge on any atom is -0.384 e. The minimum absolute atomic E-state index is 0.0209. The Morgan fingerprint density at radius 2 is 1.55 bits per heavy atom. The zero-order chi connectivity index (χ0) is 22.5. The Morgan fingerprint density at radius 1 is 1.00 bits per heavy atom. The van der Waals surface area contributed by atoms with Gasteiger partial charge in [-0.2, -0.15) is 0 Å². The van der Waals surface area contributed by atoms with Crippen molar-refractivity contribution in [3.63, 3.8) is 0 Å². The highest BCUT2D eigenvalue weighted by molar-refractivity contribution is 9.10. The Morgan fingerprint density at radius 3 is 2.10 bits per heavy atom. The van der Waals surface area contributed by atoms with Crippen molar-refractivity contribution >= 4 is 49.2 Å². The van der Waals surface area contributed by atoms with Crippen molar-refractivity contribution in [2.24, 2.45) is 16.9 Å². The number of hydrogen-bond acceptors (Lipinski definition) is 4. The van der Waals surface area contributed by atoms with Gasteiger partial charge >= 0.3 is 0 Å². The van der Waals surface area contributed by atoms with Crippen molar-refractivity contribution in [3.8, 4) is 0 Å². The van der Waals surface area contributed by atoms with Gasteiger partial charge in [0.05, 0.1) is 5.57 Å². The van der Waals surface area contributed by atoms with Crippen LogP contribution in [0.2, 0.25) is 0 Å². The summed E-state index contributed by atoms with van der Waals surface area (Å²) >= 11 is 6.90. The van der Waals surface area contributed by atoms with Crippen LogP contribution >= 0.6 is 31.9 Å². The third-order valence-corrected chi connectivity index (χ3v) is 6.87. The second-order valence-corrected chi connectivity index (χ2v) is 10.6. The lowest BCUT2D eigenvalue weighted by atomic mass is 9.68. The molecule has 31 heavy (non-hydrogen) atoms. The first-order valence-corrected chi connectivity index (χ1v) is 11.5. The van der Waals surface area contributed by atoms with E-state index in [9.17, 15) is 9.59 Å². The van der Waals surface area contributed by atoms with Crippen LogP contribution in [0.15, 0.2) is 80.1 Å². The van der Waals surface area contributed by atoms with Crippen molar-refractivity contribution in [2.75, 3.05) is 4.90 Å². The van der Waals surface area contributed by atoms with Crippen LogP contribution in [-0.2, 0) is 9.59 Å². The molecule has 1 amide bonds. The molecule has 0 spiro atoms. The largest absolute Gasteiger partial charge is 0.384 e. The lowest BCUT2D eigenvalue weighted by molar-refractivity contribution is -0.118. The Labute approximate surface area is 198 Å². The van der Waals surface area contributed by atoms with Crippen LogP contribution in [0.1, 0.15) is 38.2 Å². The summed E-state index contributed by atoms with van der Waals surface area (Å²) in [6.07, 6.45) is 1.06. The second-order valence-electron chi connectivity index (χ2n) is 8.76. The van der Waals surface area contributed by atoms with Crippen LogP contribution in [0.4, 0.5) is 5.69 Å². The molecule has 1 unspecified atom stereocenters. The van der Waals surface area contributed by atoms with Gasteiger partial charge in [-0.1, -0.05) is 57.8 Å². The van der Waals surface area contributed by atoms with E-state index < -0.39 is 11.8 Å². The highest BCUT2D eigenvalue weighted by atomic mass is 79.9. The maximum Gasteiger partial charge on any atom is 0.249 e. The van der Waals surface area contributed by atoms with Gasteiger partial charge in [-0.05, 0) is 53.8 Å². The van der Waals surface area contributed by atoms with Gasteiger partial charge in [0.1, 0.15) is 5.82 Å². The number of carbonyl (C=O) groups is 2. The average molecular weight is 545 g/mol. The number of halogens is 2. The third kappa shape index (κ3) is 3.96. The van der Waals surface area contributed by atoms with E-state index in [-0.39, 0.29) is 22.6 Å². The first-order valence-electron chi connectivity index (χ1n) is 9.96. The number of allylic oxidation sites excluding steroid dienone is 2. The molecule has 1 aliphatic carbocycles. The van der Waals surface area contributed by atoms with Gasteiger partial charge in [-0.3, -0.25) is 14.5 Å². The van der Waals surface area contributed by atoms with Crippen LogP contribution in [0.3, 0.4) is 0 Å². The fourth-order valence-corrected chi connectivity index (χ4v) is 5.06. The normalized spacial score (nSPS) is 20.7. The summed E-state index contributed by atoms with van der Waals surface area (Å²) in [5, 5.41) is 0. The molecule has 1 aliphatic heterocycles. The molecule has 5 nitrogen and oxygen atoms in total. The van der Waals surface area contributed by atoms with E-state index in [2.05, 4.69) is 45.7 Å². The van der Waals surface area contributed by atoms with Crippen molar-refractivity contribution in [3.05, 3.63) is 85.7 Å². The number of anilines is 1. The monoisotopic (exact) mass is 543 g/mol. The summed E-state index contributed by atoms with van der Waals surface area (Å²) in [5.41, 5.74) is 15.5. The lowest BCUT2D eigenvalue weighted by Gasteiger charge is -2.44. The SMILES string of the molecule is CC1(C)CC(=O)C2=C(C1)N(c1ccc(Br)cc1)C(N)=C(C(N)=O)C2c1ccc(Br)cc1. The van der Waals surface area contributed by atoms with Crippen LogP contribution < -0.4 is 16.4 Å². The summed E-state index contributed by atoms with van der Waals surface area (Å²) < 4.78 is 1.83. The van der Waals surface area contributed by atoms with Gasteiger partial charge in [-0.25, -0.2) is 0 Å². The summed E-state index contributed by atoms with van der Waals surface area (Å²) in [6.45, 7) is 4.15. The van der Waals surface area contributed by atoms with Crippen LogP contribution in [0, 0.1) is 5.41 Å². The molecule has 4 N–H and O–H groups in total. The molecule has 4 rings (SSSR count). The predicted molar refractivity (Wildman–Crippen MR) is 129 cm³/mol. The maximum atomic E-state index is 13.5. The highest BCUT2D eigenvalue weighted by Gasteiger charge is 2.45. The summed E-state index contributed by atoms with van der Waals surface area (Å²) in [6, 6.07) is 15.2. The molecule has 1 heterocycles. The van der Waals surface area contributed by atoms with Crippen molar-refractivity contribution in [1.29, 1.82) is 0 Å². The Bertz CT molecular complexity index is 1130. The van der Waals surface area contributed by atoms with E-state index in [1.807, 2.05) is 53.4 Å². The first-order chi connectivity index (χ1) is 14.6. The maximum absolute atomic E-state index is 13.5. The topological polar surface area (TPSA) is 89.4 Å². The Kier molecular flexibility index (Phi) is 5.60. The van der Waals surface area contributed by atoms with E-state index >= 15 is 0 Å². The number of primary amides is 1. The number of benzene rings is 2. The standard InChI is InChI=1S/C24H23Br2N3O2/c1-24(2)11-17-20(18(30)12-24)19(13-3-5-14(25)6-4-13)21(23(28)31)22(27)29(17)16-9-7-15(26)8-10-16/h3-10,19H,11-12,27H2,1-2H3,(H2,28,31). The lowest BCUT2D eigenvalue weighted by Crippen LogP contribution is -2.44. The number of hydrogen-bond donors (Lipinski definition) is 2. The molecule has 1 atom stereocenters. The first kappa shape index (κ1) is 21.8. The van der Waals surface area contributed by atoms with E-state index in [1.54, 1.807) is 0 Å². The van der Waals surface area contributed by atoms with Crippen molar-refractivity contribution < 1.29 is 9.59 Å². The third-order valence-electron chi connectivity index (χ3n) is 5.81. The number of nitrogens with zero attached hydrogens (tertiary/aromatic N) is 1. The summed E-state index contributed by atoms with van der Waals surface area (Å²) in [5.74, 6) is -0.924. The fraction of sp³-hybridized carbons (Fsp3) is 0.250. The Hall–Kier alpha value is -2.38. The quantitative estimate of drug-likeness (QED) is 0.561. The molecule has 0 bridgehead atoms. The molecule has 2 aromatic rings. The summed E-state index contributed by atoms with van der Waals surface area (Å²) in [7, 11) is 0. The molecule has 0 saturated carbocycles. The van der Waals surface area contributed by atoms with Gasteiger partial charge in [0.2, 0.25) is 5.91 Å². The molecule has 0 aromatic heterocycles. The smallest absolute Gasteiger partial charge is 0.249 e.